The molecule has 2 aromatic rings. The van der Waals surface area contributed by atoms with E-state index in [0.29, 0.717) is 35.2 Å². The van der Waals surface area contributed by atoms with E-state index in [2.05, 4.69) is 0 Å². The number of benzene rings is 1. The molecule has 0 saturated carbocycles. The third-order valence-corrected chi connectivity index (χ3v) is 3.53. The Morgan fingerprint density at radius 3 is 2.61 bits per heavy atom. The van der Waals surface area contributed by atoms with Crippen LogP contribution in [0.3, 0.4) is 0 Å². The molecule has 5 heteroatoms. The standard InChI is InChI=1S/C18H22O5/c1-2-21-9-5-3-4-6-10-22-15-7-8-16-14(13-19)11-18(20)23-17(16)12-15/h7-8,11-13H,2-6,9-10H2,1H3. The Kier molecular flexibility index (Phi) is 6.81. The van der Waals surface area contributed by atoms with Crippen molar-refractivity contribution in [2.24, 2.45) is 0 Å². The molecule has 0 aliphatic carbocycles. The van der Waals surface area contributed by atoms with Gasteiger partial charge in [-0.25, -0.2) is 4.79 Å². The van der Waals surface area contributed by atoms with Gasteiger partial charge in [0, 0.05) is 36.3 Å². The van der Waals surface area contributed by atoms with Crippen molar-refractivity contribution in [3.05, 3.63) is 40.2 Å². The van der Waals surface area contributed by atoms with Crippen molar-refractivity contribution in [2.45, 2.75) is 32.6 Å². The monoisotopic (exact) mass is 318 g/mol. The molecule has 0 amide bonds. The quantitative estimate of drug-likeness (QED) is 0.380. The molecule has 2 rings (SSSR count). The predicted octanol–water partition coefficient (Wildman–Crippen LogP) is 3.58. The third-order valence-electron chi connectivity index (χ3n) is 3.53. The molecule has 0 aliphatic rings. The van der Waals surface area contributed by atoms with Gasteiger partial charge in [-0.05, 0) is 38.3 Å². The van der Waals surface area contributed by atoms with E-state index in [9.17, 15) is 9.59 Å². The van der Waals surface area contributed by atoms with Gasteiger partial charge in [-0.3, -0.25) is 4.79 Å². The fourth-order valence-electron chi connectivity index (χ4n) is 2.35. The van der Waals surface area contributed by atoms with Crippen molar-refractivity contribution in [3.63, 3.8) is 0 Å². The summed E-state index contributed by atoms with van der Waals surface area (Å²) in [5.41, 5.74) is 0.164. The Hall–Kier alpha value is -2.14. The molecule has 0 unspecified atom stereocenters. The molecular formula is C18H22O5. The highest BCUT2D eigenvalue weighted by Gasteiger charge is 2.06. The number of unbranched alkanes of at least 4 members (excludes halogenated alkanes) is 3. The van der Waals surface area contributed by atoms with Gasteiger partial charge in [-0.2, -0.15) is 0 Å². The first-order chi connectivity index (χ1) is 11.2. The van der Waals surface area contributed by atoms with E-state index >= 15 is 0 Å². The molecule has 0 N–H and O–H groups in total. The highest BCUT2D eigenvalue weighted by Crippen LogP contribution is 2.22. The van der Waals surface area contributed by atoms with E-state index in [1.807, 2.05) is 6.92 Å². The number of hydrogen-bond acceptors (Lipinski definition) is 5. The molecule has 1 aromatic heterocycles. The van der Waals surface area contributed by atoms with Crippen LogP contribution in [0.25, 0.3) is 11.0 Å². The number of hydrogen-bond donors (Lipinski definition) is 0. The van der Waals surface area contributed by atoms with Crippen LogP contribution in [-0.2, 0) is 4.74 Å². The van der Waals surface area contributed by atoms with Crippen LogP contribution < -0.4 is 10.4 Å². The number of carbonyl (C=O) groups excluding carboxylic acids is 1. The SMILES string of the molecule is CCOCCCCCCOc1ccc2c(C=O)cc(=O)oc2c1. The molecule has 0 spiro atoms. The van der Waals surface area contributed by atoms with Crippen molar-refractivity contribution in [3.8, 4) is 5.75 Å². The van der Waals surface area contributed by atoms with Crippen LogP contribution in [0.2, 0.25) is 0 Å². The average Bonchev–Trinajstić information content (AvgIpc) is 2.56. The van der Waals surface area contributed by atoms with Gasteiger partial charge in [0.1, 0.15) is 11.3 Å². The largest absolute Gasteiger partial charge is 0.493 e. The van der Waals surface area contributed by atoms with E-state index in [1.165, 1.54) is 6.07 Å². The van der Waals surface area contributed by atoms with Crippen LogP contribution in [0.1, 0.15) is 43.0 Å². The fraction of sp³-hybridized carbons (Fsp3) is 0.444. The Bertz CT molecular complexity index is 689. The van der Waals surface area contributed by atoms with Gasteiger partial charge in [0.2, 0.25) is 0 Å². The zero-order valence-electron chi connectivity index (χ0n) is 13.4. The predicted molar refractivity (Wildman–Crippen MR) is 88.3 cm³/mol. The molecule has 124 valence electrons. The molecule has 0 bridgehead atoms. The summed E-state index contributed by atoms with van der Waals surface area (Å²) in [4.78, 5) is 22.4. The van der Waals surface area contributed by atoms with E-state index < -0.39 is 5.63 Å². The van der Waals surface area contributed by atoms with Crippen LogP contribution in [0.15, 0.2) is 33.5 Å². The second kappa shape index (κ2) is 9.10. The Morgan fingerprint density at radius 1 is 1.09 bits per heavy atom. The lowest BCUT2D eigenvalue weighted by atomic mass is 10.1. The van der Waals surface area contributed by atoms with Crippen molar-refractivity contribution < 1.29 is 18.7 Å². The molecule has 23 heavy (non-hydrogen) atoms. The van der Waals surface area contributed by atoms with Gasteiger partial charge < -0.3 is 13.9 Å². The van der Waals surface area contributed by atoms with Gasteiger partial charge in [-0.15, -0.1) is 0 Å². The Balaban J connectivity index is 1.84. The van der Waals surface area contributed by atoms with E-state index in [1.54, 1.807) is 18.2 Å². The number of ether oxygens (including phenoxy) is 2. The summed E-state index contributed by atoms with van der Waals surface area (Å²) in [7, 11) is 0. The van der Waals surface area contributed by atoms with E-state index in [-0.39, 0.29) is 0 Å². The van der Waals surface area contributed by atoms with Crippen LogP contribution in [0.4, 0.5) is 0 Å². The average molecular weight is 318 g/mol. The molecule has 1 heterocycles. The van der Waals surface area contributed by atoms with Crippen LogP contribution in [-0.4, -0.2) is 26.1 Å². The maximum absolute atomic E-state index is 11.4. The Labute approximate surface area is 135 Å². The molecule has 1 aromatic carbocycles. The zero-order valence-corrected chi connectivity index (χ0v) is 13.4. The minimum Gasteiger partial charge on any atom is -0.493 e. The molecule has 0 fully saturated rings. The van der Waals surface area contributed by atoms with Gasteiger partial charge in [0.25, 0.3) is 0 Å². The minimum atomic E-state index is -0.536. The summed E-state index contributed by atoms with van der Waals surface area (Å²) in [6, 6.07) is 6.36. The first kappa shape index (κ1) is 17.2. The van der Waals surface area contributed by atoms with Gasteiger partial charge in [-0.1, -0.05) is 6.42 Å². The van der Waals surface area contributed by atoms with Crippen molar-refractivity contribution in [2.75, 3.05) is 19.8 Å². The summed E-state index contributed by atoms with van der Waals surface area (Å²) < 4.78 is 16.1. The lowest BCUT2D eigenvalue weighted by molar-refractivity contribution is 0.112. The highest BCUT2D eigenvalue weighted by molar-refractivity contribution is 5.95. The van der Waals surface area contributed by atoms with Crippen molar-refractivity contribution >= 4 is 17.3 Å². The van der Waals surface area contributed by atoms with Gasteiger partial charge in [0.05, 0.1) is 6.61 Å². The topological polar surface area (TPSA) is 65.7 Å². The molecule has 0 radical (unpaired) electrons. The second-order valence-electron chi connectivity index (χ2n) is 5.26. The molecule has 0 aliphatic heterocycles. The number of rotatable bonds is 10. The van der Waals surface area contributed by atoms with E-state index in [0.717, 1.165) is 38.9 Å². The first-order valence-electron chi connectivity index (χ1n) is 7.98. The molecule has 5 nitrogen and oxygen atoms in total. The summed E-state index contributed by atoms with van der Waals surface area (Å²) in [5.74, 6) is 0.637. The smallest absolute Gasteiger partial charge is 0.336 e. The maximum Gasteiger partial charge on any atom is 0.336 e. The normalized spacial score (nSPS) is 10.8. The van der Waals surface area contributed by atoms with Crippen LogP contribution >= 0.6 is 0 Å². The van der Waals surface area contributed by atoms with E-state index in [4.69, 9.17) is 13.9 Å². The molecule has 0 saturated heterocycles. The zero-order chi connectivity index (χ0) is 16.5. The van der Waals surface area contributed by atoms with Crippen LogP contribution in [0, 0.1) is 0 Å². The number of aldehydes is 1. The lowest BCUT2D eigenvalue weighted by Gasteiger charge is -2.07. The van der Waals surface area contributed by atoms with Gasteiger partial charge >= 0.3 is 5.63 Å². The summed E-state index contributed by atoms with van der Waals surface area (Å²) in [6.07, 6.45) is 4.90. The molecular weight excluding hydrogens is 296 g/mol. The minimum absolute atomic E-state index is 0.331. The number of fused-ring (bicyclic) bond motifs is 1. The third kappa shape index (κ3) is 5.21. The number of carbonyl (C=O) groups is 1. The van der Waals surface area contributed by atoms with Crippen molar-refractivity contribution in [1.29, 1.82) is 0 Å². The highest BCUT2D eigenvalue weighted by atomic mass is 16.5. The molecule has 0 atom stereocenters. The lowest BCUT2D eigenvalue weighted by Crippen LogP contribution is -2.01. The summed E-state index contributed by atoms with van der Waals surface area (Å²) in [6.45, 7) is 4.20. The summed E-state index contributed by atoms with van der Waals surface area (Å²) in [5, 5.41) is 0.614. The Morgan fingerprint density at radius 2 is 1.87 bits per heavy atom. The second-order valence-corrected chi connectivity index (χ2v) is 5.26. The first-order valence-corrected chi connectivity index (χ1v) is 7.98. The summed E-state index contributed by atoms with van der Waals surface area (Å²) >= 11 is 0. The van der Waals surface area contributed by atoms with Gasteiger partial charge in [0.15, 0.2) is 6.29 Å². The van der Waals surface area contributed by atoms with Crippen molar-refractivity contribution in [1.82, 2.24) is 0 Å². The van der Waals surface area contributed by atoms with Crippen LogP contribution in [0.5, 0.6) is 5.75 Å². The maximum atomic E-state index is 11.4. The fourth-order valence-corrected chi connectivity index (χ4v) is 2.35.